The van der Waals surface area contributed by atoms with Gasteiger partial charge in [0.15, 0.2) is 0 Å². The van der Waals surface area contributed by atoms with Crippen molar-refractivity contribution >= 4 is 5.69 Å². The van der Waals surface area contributed by atoms with Crippen LogP contribution in [0.2, 0.25) is 0 Å². The molecule has 4 aliphatic rings. The van der Waals surface area contributed by atoms with Crippen LogP contribution in [0.5, 0.6) is 5.75 Å². The van der Waals surface area contributed by atoms with Crippen molar-refractivity contribution < 1.29 is 14.9 Å². The van der Waals surface area contributed by atoms with Crippen LogP contribution in [-0.4, -0.2) is 67.2 Å². The Hall–Kier alpha value is -1.56. The Morgan fingerprint density at radius 2 is 1.93 bits per heavy atom. The number of para-hydroxylation sites is 2. The number of nitrogens with zero attached hydrogens (tertiary/aromatic N) is 2. The van der Waals surface area contributed by atoms with Gasteiger partial charge in [-0.05, 0) is 47.8 Å². The van der Waals surface area contributed by atoms with Crippen molar-refractivity contribution in [1.82, 2.24) is 4.90 Å². The van der Waals surface area contributed by atoms with Gasteiger partial charge in [-0.25, -0.2) is 0 Å². The summed E-state index contributed by atoms with van der Waals surface area (Å²) in [4.78, 5) is 4.49. The third kappa shape index (κ3) is 3.93. The first kappa shape index (κ1) is 19.7. The number of hydrogen-bond donors (Lipinski definition) is 2. The first-order valence-corrected chi connectivity index (χ1v) is 10.6. The van der Waals surface area contributed by atoms with Crippen molar-refractivity contribution in [2.24, 2.45) is 17.3 Å². The molecule has 1 aromatic carbocycles. The van der Waals surface area contributed by atoms with Crippen LogP contribution >= 0.6 is 0 Å². The van der Waals surface area contributed by atoms with Gasteiger partial charge < -0.3 is 19.8 Å². The molecular weight excluding hydrogens is 352 g/mol. The summed E-state index contributed by atoms with van der Waals surface area (Å²) >= 11 is 0. The molecule has 3 unspecified atom stereocenters. The number of benzene rings is 1. The lowest BCUT2D eigenvalue weighted by Crippen LogP contribution is -2.49. The van der Waals surface area contributed by atoms with Crippen LogP contribution in [0, 0.1) is 17.3 Å². The van der Waals surface area contributed by atoms with Crippen LogP contribution in [-0.2, 0) is 4.74 Å². The number of hydrogen-bond acceptors (Lipinski definition) is 5. The monoisotopic (exact) mass is 386 g/mol. The maximum Gasteiger partial charge on any atom is 0.138 e. The largest absolute Gasteiger partial charge is 0.506 e. The Balaban J connectivity index is 1.17. The quantitative estimate of drug-likeness (QED) is 0.706. The summed E-state index contributed by atoms with van der Waals surface area (Å²) in [5, 5.41) is 20.4. The minimum absolute atomic E-state index is 0.336. The highest BCUT2D eigenvalue weighted by Crippen LogP contribution is 2.59. The summed E-state index contributed by atoms with van der Waals surface area (Å²) in [6, 6.07) is 7.49. The molecule has 1 aromatic rings. The SMILES string of the molecule is CC1(C)C2CC=C(COCC(O)CN3CCN(c4ccccc4O)CC3)C1C2. The zero-order valence-corrected chi connectivity index (χ0v) is 17.2. The second-order valence-corrected chi connectivity index (χ2v) is 9.27. The van der Waals surface area contributed by atoms with E-state index in [9.17, 15) is 10.2 Å². The molecule has 5 heteroatoms. The average molecular weight is 387 g/mol. The fourth-order valence-electron chi connectivity index (χ4n) is 5.21. The maximum atomic E-state index is 10.4. The van der Waals surface area contributed by atoms with E-state index in [0.717, 1.165) is 37.8 Å². The average Bonchev–Trinajstić information content (AvgIpc) is 2.69. The van der Waals surface area contributed by atoms with E-state index in [0.29, 0.717) is 36.8 Å². The summed E-state index contributed by atoms with van der Waals surface area (Å²) in [7, 11) is 0. The van der Waals surface area contributed by atoms with Gasteiger partial charge in [0, 0.05) is 32.7 Å². The molecule has 3 aliphatic carbocycles. The molecule has 1 saturated heterocycles. The van der Waals surface area contributed by atoms with Gasteiger partial charge in [-0.2, -0.15) is 0 Å². The molecule has 5 nitrogen and oxygen atoms in total. The van der Waals surface area contributed by atoms with Gasteiger partial charge in [0.2, 0.25) is 0 Å². The van der Waals surface area contributed by atoms with E-state index in [2.05, 4.69) is 29.7 Å². The van der Waals surface area contributed by atoms with Gasteiger partial charge in [-0.15, -0.1) is 0 Å². The molecule has 2 bridgehead atoms. The van der Waals surface area contributed by atoms with Crippen molar-refractivity contribution in [2.45, 2.75) is 32.8 Å². The predicted octanol–water partition coefficient (Wildman–Crippen LogP) is 2.88. The highest BCUT2D eigenvalue weighted by atomic mass is 16.5. The molecule has 3 atom stereocenters. The summed E-state index contributed by atoms with van der Waals surface area (Å²) < 4.78 is 5.88. The minimum Gasteiger partial charge on any atom is -0.506 e. The number of rotatable bonds is 7. The van der Waals surface area contributed by atoms with Gasteiger partial charge in [-0.1, -0.05) is 32.1 Å². The van der Waals surface area contributed by atoms with Gasteiger partial charge in [-0.3, -0.25) is 4.90 Å². The van der Waals surface area contributed by atoms with Gasteiger partial charge in [0.1, 0.15) is 5.75 Å². The molecule has 0 amide bonds. The number of anilines is 1. The molecule has 0 radical (unpaired) electrons. The number of ether oxygens (including phenoxy) is 1. The molecule has 1 heterocycles. The summed E-state index contributed by atoms with van der Waals surface area (Å²) in [5.41, 5.74) is 2.77. The molecule has 2 N–H and O–H groups in total. The normalized spacial score (nSPS) is 27.8. The summed E-state index contributed by atoms with van der Waals surface area (Å²) in [6.45, 7) is 9.94. The Kier molecular flexibility index (Phi) is 5.68. The Bertz CT molecular complexity index is 710. The number of allylic oxidation sites excluding steroid dienone is 1. The molecule has 2 fully saturated rings. The third-order valence-electron chi connectivity index (χ3n) is 7.23. The topological polar surface area (TPSA) is 56.2 Å². The van der Waals surface area contributed by atoms with E-state index in [4.69, 9.17) is 4.74 Å². The lowest BCUT2D eigenvalue weighted by molar-refractivity contribution is -0.0262. The highest BCUT2D eigenvalue weighted by Gasteiger charge is 2.50. The number of β-amino-alcohol motifs (C(OH)–C–C–N with tert-alkyl or cyclic N) is 1. The molecule has 28 heavy (non-hydrogen) atoms. The number of aliphatic hydroxyl groups excluding tert-OH is 1. The van der Waals surface area contributed by atoms with E-state index >= 15 is 0 Å². The molecule has 1 aliphatic heterocycles. The van der Waals surface area contributed by atoms with Crippen molar-refractivity contribution in [1.29, 1.82) is 0 Å². The van der Waals surface area contributed by atoms with Gasteiger partial charge in [0.05, 0.1) is 25.0 Å². The number of phenols is 1. The van der Waals surface area contributed by atoms with Crippen LogP contribution in [0.15, 0.2) is 35.9 Å². The zero-order valence-electron chi connectivity index (χ0n) is 17.2. The highest BCUT2D eigenvalue weighted by molar-refractivity contribution is 5.57. The number of phenolic OH excluding ortho intramolecular Hbond substituents is 1. The first-order valence-electron chi connectivity index (χ1n) is 10.6. The molecule has 0 aromatic heterocycles. The predicted molar refractivity (Wildman–Crippen MR) is 112 cm³/mol. The van der Waals surface area contributed by atoms with Crippen LogP contribution in [0.1, 0.15) is 26.7 Å². The number of fused-ring (bicyclic) bond motifs is 1. The molecule has 0 spiro atoms. The number of aliphatic hydroxyl groups is 1. The molecule has 154 valence electrons. The van der Waals surface area contributed by atoms with Crippen LogP contribution in [0.4, 0.5) is 5.69 Å². The number of aromatic hydroxyl groups is 1. The fourth-order valence-corrected chi connectivity index (χ4v) is 5.21. The summed E-state index contributed by atoms with van der Waals surface area (Å²) in [5.74, 6) is 1.86. The van der Waals surface area contributed by atoms with Crippen molar-refractivity contribution in [3.8, 4) is 5.75 Å². The lowest BCUT2D eigenvalue weighted by atomic mass is 9.49. The number of piperazine rings is 1. The maximum absolute atomic E-state index is 10.4. The third-order valence-corrected chi connectivity index (χ3v) is 7.23. The second-order valence-electron chi connectivity index (χ2n) is 9.27. The smallest absolute Gasteiger partial charge is 0.138 e. The second kappa shape index (κ2) is 8.05. The van der Waals surface area contributed by atoms with E-state index in [-0.39, 0.29) is 0 Å². The van der Waals surface area contributed by atoms with Crippen molar-refractivity contribution in [3.05, 3.63) is 35.9 Å². The first-order chi connectivity index (χ1) is 13.4. The van der Waals surface area contributed by atoms with Gasteiger partial charge in [0.25, 0.3) is 0 Å². The van der Waals surface area contributed by atoms with Crippen LogP contribution < -0.4 is 4.90 Å². The zero-order chi connectivity index (χ0) is 19.7. The lowest BCUT2D eigenvalue weighted by Gasteiger charge is -2.56. The fraction of sp³-hybridized carbons (Fsp3) is 0.652. The van der Waals surface area contributed by atoms with Crippen LogP contribution in [0.3, 0.4) is 0 Å². The van der Waals surface area contributed by atoms with E-state index in [1.165, 1.54) is 18.4 Å². The minimum atomic E-state index is -0.456. The Labute approximate surface area is 168 Å². The summed E-state index contributed by atoms with van der Waals surface area (Å²) in [6.07, 6.45) is 4.41. The molecule has 5 rings (SSSR count). The molecule has 1 saturated carbocycles. The standard InChI is InChI=1S/C23H34N2O3/c1-23(2)18-8-7-17(20(23)13-18)15-28-16-19(26)14-24-9-11-25(12-10-24)21-5-3-4-6-22(21)27/h3-7,18-20,26-27H,8-16H2,1-2H3. The van der Waals surface area contributed by atoms with Gasteiger partial charge >= 0.3 is 0 Å². The van der Waals surface area contributed by atoms with E-state index in [1.54, 1.807) is 6.07 Å². The van der Waals surface area contributed by atoms with E-state index < -0.39 is 6.10 Å². The van der Waals surface area contributed by atoms with Crippen LogP contribution in [0.25, 0.3) is 0 Å². The molecular formula is C23H34N2O3. The van der Waals surface area contributed by atoms with Crippen molar-refractivity contribution in [3.63, 3.8) is 0 Å². The Morgan fingerprint density at radius 3 is 2.61 bits per heavy atom. The van der Waals surface area contributed by atoms with Crippen molar-refractivity contribution in [2.75, 3.05) is 50.8 Å². The Morgan fingerprint density at radius 1 is 1.18 bits per heavy atom. The van der Waals surface area contributed by atoms with E-state index in [1.807, 2.05) is 18.2 Å².